The monoisotopic (exact) mass is 473 g/mol. The molecular formula is C14H22BrFIN3O. The van der Waals surface area contributed by atoms with Gasteiger partial charge in [-0.1, -0.05) is 15.9 Å². The third-order valence-electron chi connectivity index (χ3n) is 2.50. The normalized spacial score (nSPS) is 11.0. The number of benzene rings is 1. The van der Waals surface area contributed by atoms with Gasteiger partial charge in [-0.15, -0.1) is 24.0 Å². The van der Waals surface area contributed by atoms with Crippen molar-refractivity contribution in [3.8, 4) is 0 Å². The highest BCUT2D eigenvalue weighted by molar-refractivity contribution is 14.0. The van der Waals surface area contributed by atoms with Crippen LogP contribution < -0.4 is 10.6 Å². The standard InChI is InChI=1S/C14H21BrFN3O.HI/c1-3-17-14(18-5-4-6-20-2)19-10-11-7-12(15)9-13(16)8-11;/h7-9H,3-6,10H2,1-2H3,(H2,17,18,19);1H. The third kappa shape index (κ3) is 9.26. The van der Waals surface area contributed by atoms with Crippen molar-refractivity contribution in [3.63, 3.8) is 0 Å². The molecule has 120 valence electrons. The number of rotatable bonds is 7. The quantitative estimate of drug-likeness (QED) is 0.276. The molecule has 0 fully saturated rings. The molecule has 0 aliphatic heterocycles. The van der Waals surface area contributed by atoms with Crippen molar-refractivity contribution in [2.45, 2.75) is 19.9 Å². The first-order chi connectivity index (χ1) is 9.65. The van der Waals surface area contributed by atoms with E-state index in [2.05, 4.69) is 31.6 Å². The van der Waals surface area contributed by atoms with E-state index in [1.54, 1.807) is 7.11 Å². The summed E-state index contributed by atoms with van der Waals surface area (Å²) in [6, 6.07) is 4.78. The molecule has 0 unspecified atom stereocenters. The lowest BCUT2D eigenvalue weighted by Crippen LogP contribution is -2.38. The highest BCUT2D eigenvalue weighted by Crippen LogP contribution is 2.15. The second-order valence-electron chi connectivity index (χ2n) is 4.25. The summed E-state index contributed by atoms with van der Waals surface area (Å²) in [5, 5.41) is 6.36. The third-order valence-corrected chi connectivity index (χ3v) is 2.96. The molecule has 0 radical (unpaired) electrons. The van der Waals surface area contributed by atoms with E-state index in [9.17, 15) is 4.39 Å². The molecule has 21 heavy (non-hydrogen) atoms. The Hall–Kier alpha value is -0.410. The van der Waals surface area contributed by atoms with Crippen LogP contribution in [0.2, 0.25) is 0 Å². The van der Waals surface area contributed by atoms with Crippen molar-refractivity contribution in [1.82, 2.24) is 10.6 Å². The minimum Gasteiger partial charge on any atom is -0.385 e. The Morgan fingerprint density at radius 3 is 2.71 bits per heavy atom. The lowest BCUT2D eigenvalue weighted by molar-refractivity contribution is 0.195. The van der Waals surface area contributed by atoms with Crippen LogP contribution in [0, 0.1) is 5.82 Å². The molecule has 7 heteroatoms. The molecule has 1 aromatic carbocycles. The van der Waals surface area contributed by atoms with Gasteiger partial charge in [0, 0.05) is 31.3 Å². The van der Waals surface area contributed by atoms with Crippen LogP contribution in [0.25, 0.3) is 0 Å². The maximum atomic E-state index is 13.3. The highest BCUT2D eigenvalue weighted by Gasteiger charge is 2.00. The SMILES string of the molecule is CCNC(=NCc1cc(F)cc(Br)c1)NCCCOC.I. The van der Waals surface area contributed by atoms with E-state index >= 15 is 0 Å². The molecule has 0 saturated heterocycles. The fraction of sp³-hybridized carbons (Fsp3) is 0.500. The second-order valence-corrected chi connectivity index (χ2v) is 5.16. The fourth-order valence-corrected chi connectivity index (χ4v) is 2.15. The molecular weight excluding hydrogens is 452 g/mol. The van der Waals surface area contributed by atoms with Gasteiger partial charge < -0.3 is 15.4 Å². The largest absolute Gasteiger partial charge is 0.385 e. The van der Waals surface area contributed by atoms with Gasteiger partial charge >= 0.3 is 0 Å². The Bertz CT molecular complexity index is 426. The Balaban J connectivity index is 0.00000400. The van der Waals surface area contributed by atoms with Crippen LogP contribution in [-0.2, 0) is 11.3 Å². The number of hydrogen-bond acceptors (Lipinski definition) is 2. The van der Waals surface area contributed by atoms with Crippen LogP contribution in [-0.4, -0.2) is 32.8 Å². The zero-order valence-corrected chi connectivity index (χ0v) is 16.2. The van der Waals surface area contributed by atoms with Crippen LogP contribution in [0.5, 0.6) is 0 Å². The molecule has 4 nitrogen and oxygen atoms in total. The molecule has 0 aromatic heterocycles. The Kier molecular flexibility index (Phi) is 11.9. The molecule has 0 aliphatic carbocycles. The average molecular weight is 474 g/mol. The minimum absolute atomic E-state index is 0. The molecule has 0 saturated carbocycles. The van der Waals surface area contributed by atoms with Gasteiger partial charge in [0.1, 0.15) is 5.82 Å². The number of hydrogen-bond donors (Lipinski definition) is 2. The van der Waals surface area contributed by atoms with Crippen LogP contribution in [0.3, 0.4) is 0 Å². The number of guanidine groups is 1. The number of nitrogens with one attached hydrogen (secondary N) is 2. The summed E-state index contributed by atoms with van der Waals surface area (Å²) >= 11 is 3.28. The van der Waals surface area contributed by atoms with Gasteiger partial charge in [0.2, 0.25) is 0 Å². The van der Waals surface area contributed by atoms with Gasteiger partial charge in [-0.2, -0.15) is 0 Å². The Morgan fingerprint density at radius 2 is 2.10 bits per heavy atom. The molecule has 2 N–H and O–H groups in total. The first-order valence-corrected chi connectivity index (χ1v) is 7.41. The van der Waals surface area contributed by atoms with E-state index in [0.29, 0.717) is 13.2 Å². The summed E-state index contributed by atoms with van der Waals surface area (Å²) in [6.45, 7) is 4.71. The number of nitrogens with zero attached hydrogens (tertiary/aromatic N) is 1. The van der Waals surface area contributed by atoms with Crippen molar-refractivity contribution in [1.29, 1.82) is 0 Å². The van der Waals surface area contributed by atoms with Crippen LogP contribution in [0.4, 0.5) is 4.39 Å². The fourth-order valence-electron chi connectivity index (χ4n) is 1.64. The van der Waals surface area contributed by atoms with Crippen molar-refractivity contribution >= 4 is 45.9 Å². The number of aliphatic imine (C=N–C) groups is 1. The molecule has 0 aliphatic rings. The zero-order chi connectivity index (χ0) is 14.8. The summed E-state index contributed by atoms with van der Waals surface area (Å²) in [6.07, 6.45) is 0.909. The van der Waals surface area contributed by atoms with E-state index in [0.717, 1.165) is 35.5 Å². The number of methoxy groups -OCH3 is 1. The first-order valence-electron chi connectivity index (χ1n) is 6.61. The van der Waals surface area contributed by atoms with E-state index in [-0.39, 0.29) is 29.8 Å². The summed E-state index contributed by atoms with van der Waals surface area (Å²) in [7, 11) is 1.68. The molecule has 0 spiro atoms. The maximum Gasteiger partial charge on any atom is 0.191 e. The van der Waals surface area contributed by atoms with E-state index in [4.69, 9.17) is 4.74 Å². The Morgan fingerprint density at radius 1 is 1.33 bits per heavy atom. The van der Waals surface area contributed by atoms with Gasteiger partial charge in [-0.25, -0.2) is 9.38 Å². The van der Waals surface area contributed by atoms with Gasteiger partial charge in [-0.3, -0.25) is 0 Å². The molecule has 1 aromatic rings. The van der Waals surface area contributed by atoms with Gasteiger partial charge in [-0.05, 0) is 37.1 Å². The number of halogens is 3. The van der Waals surface area contributed by atoms with Crippen LogP contribution in [0.15, 0.2) is 27.7 Å². The molecule has 0 amide bonds. The van der Waals surface area contributed by atoms with Crippen LogP contribution in [0.1, 0.15) is 18.9 Å². The zero-order valence-electron chi connectivity index (χ0n) is 12.3. The summed E-state index contributed by atoms with van der Waals surface area (Å²) in [4.78, 5) is 4.43. The topological polar surface area (TPSA) is 45.7 Å². The van der Waals surface area contributed by atoms with Crippen molar-refractivity contribution < 1.29 is 9.13 Å². The molecule has 1 rings (SSSR count). The van der Waals surface area contributed by atoms with Crippen molar-refractivity contribution in [2.24, 2.45) is 4.99 Å². The van der Waals surface area contributed by atoms with Crippen molar-refractivity contribution in [3.05, 3.63) is 34.1 Å². The van der Waals surface area contributed by atoms with Crippen LogP contribution >= 0.6 is 39.9 Å². The predicted molar refractivity (Wildman–Crippen MR) is 98.8 cm³/mol. The second kappa shape index (κ2) is 12.2. The summed E-state index contributed by atoms with van der Waals surface area (Å²) in [5.74, 6) is 0.464. The highest BCUT2D eigenvalue weighted by atomic mass is 127. The molecule has 0 atom stereocenters. The summed E-state index contributed by atoms with van der Waals surface area (Å²) < 4.78 is 19.0. The van der Waals surface area contributed by atoms with E-state index in [1.165, 1.54) is 12.1 Å². The van der Waals surface area contributed by atoms with E-state index in [1.807, 2.05) is 13.0 Å². The summed E-state index contributed by atoms with van der Waals surface area (Å²) in [5.41, 5.74) is 0.825. The Labute approximate surface area is 151 Å². The molecule has 0 heterocycles. The minimum atomic E-state index is -0.261. The predicted octanol–water partition coefficient (Wildman–Crippen LogP) is 3.30. The maximum absolute atomic E-state index is 13.3. The van der Waals surface area contributed by atoms with E-state index < -0.39 is 0 Å². The lowest BCUT2D eigenvalue weighted by Gasteiger charge is -2.11. The first kappa shape index (κ1) is 20.6. The van der Waals surface area contributed by atoms with Crippen molar-refractivity contribution in [2.75, 3.05) is 26.8 Å². The lowest BCUT2D eigenvalue weighted by atomic mass is 10.2. The average Bonchev–Trinajstić information content (AvgIpc) is 2.39. The van der Waals surface area contributed by atoms with Gasteiger partial charge in [0.25, 0.3) is 0 Å². The smallest absolute Gasteiger partial charge is 0.191 e. The number of ether oxygens (including phenoxy) is 1. The van der Waals surface area contributed by atoms with Gasteiger partial charge in [0.15, 0.2) is 5.96 Å². The molecule has 0 bridgehead atoms. The van der Waals surface area contributed by atoms with Gasteiger partial charge in [0.05, 0.1) is 6.54 Å².